The van der Waals surface area contributed by atoms with Crippen LogP contribution < -0.4 is 5.56 Å². The molecule has 1 aliphatic rings. The third-order valence-corrected chi connectivity index (χ3v) is 4.32. The van der Waals surface area contributed by atoms with E-state index in [0.29, 0.717) is 42.9 Å². The van der Waals surface area contributed by atoms with E-state index in [1.165, 1.54) is 4.90 Å². The highest BCUT2D eigenvalue weighted by Gasteiger charge is 2.29. The van der Waals surface area contributed by atoms with Crippen molar-refractivity contribution in [3.8, 4) is 0 Å². The molecule has 0 aliphatic carbocycles. The summed E-state index contributed by atoms with van der Waals surface area (Å²) in [6.07, 6.45) is -0.0986. The van der Waals surface area contributed by atoms with Crippen molar-refractivity contribution in [2.24, 2.45) is 0 Å². The first-order valence-electron chi connectivity index (χ1n) is 7.78. The van der Waals surface area contributed by atoms with Gasteiger partial charge < -0.3 is 15.0 Å². The highest BCUT2D eigenvalue weighted by atomic mass is 16.4. The molecule has 2 aromatic rings. The topological polar surface area (TPSA) is 89.5 Å². The van der Waals surface area contributed by atoms with E-state index in [4.69, 9.17) is 0 Å². The first kappa shape index (κ1) is 15.5. The molecule has 0 bridgehead atoms. The summed E-state index contributed by atoms with van der Waals surface area (Å²) in [5.74, 6) is 0.618. The van der Waals surface area contributed by atoms with Gasteiger partial charge in [0, 0.05) is 25.7 Å². The second-order valence-corrected chi connectivity index (χ2v) is 5.80. The second kappa shape index (κ2) is 6.37. The number of para-hydroxylation sites is 1. The van der Waals surface area contributed by atoms with Gasteiger partial charge in [-0.05, 0) is 18.6 Å². The maximum atomic E-state index is 12.1. The van der Waals surface area contributed by atoms with E-state index in [2.05, 4.69) is 14.9 Å². The van der Waals surface area contributed by atoms with Crippen LogP contribution in [0.3, 0.4) is 0 Å². The Hall–Kier alpha value is -2.41. The number of rotatable bonds is 3. The normalized spacial score (nSPS) is 19.2. The van der Waals surface area contributed by atoms with Crippen molar-refractivity contribution in [3.05, 3.63) is 40.4 Å². The van der Waals surface area contributed by atoms with Crippen LogP contribution in [-0.2, 0) is 6.54 Å². The summed E-state index contributed by atoms with van der Waals surface area (Å²) in [6.45, 7) is 4.27. The molecule has 2 N–H and O–H groups in total. The zero-order valence-corrected chi connectivity index (χ0v) is 13.0. The van der Waals surface area contributed by atoms with E-state index in [1.54, 1.807) is 6.07 Å². The Labute approximate surface area is 133 Å². The lowest BCUT2D eigenvalue weighted by Crippen LogP contribution is -2.54. The van der Waals surface area contributed by atoms with Gasteiger partial charge >= 0.3 is 6.09 Å². The van der Waals surface area contributed by atoms with Gasteiger partial charge in [0.25, 0.3) is 5.56 Å². The molecule has 1 aliphatic heterocycles. The number of aromatic nitrogens is 2. The third-order valence-electron chi connectivity index (χ3n) is 4.32. The second-order valence-electron chi connectivity index (χ2n) is 5.80. The summed E-state index contributed by atoms with van der Waals surface area (Å²) >= 11 is 0. The molecule has 1 unspecified atom stereocenters. The molecule has 122 valence electrons. The van der Waals surface area contributed by atoms with Crippen LogP contribution >= 0.6 is 0 Å². The lowest BCUT2D eigenvalue weighted by molar-refractivity contribution is 0.0619. The number of hydrogen-bond acceptors (Lipinski definition) is 4. The van der Waals surface area contributed by atoms with Gasteiger partial charge in [0.15, 0.2) is 0 Å². The molecule has 0 radical (unpaired) electrons. The average Bonchev–Trinajstić information content (AvgIpc) is 2.54. The van der Waals surface area contributed by atoms with E-state index in [9.17, 15) is 14.7 Å². The molecule has 23 heavy (non-hydrogen) atoms. The minimum absolute atomic E-state index is 0.0200. The number of piperazine rings is 1. The minimum atomic E-state index is -0.867. The van der Waals surface area contributed by atoms with Crippen LogP contribution in [0.1, 0.15) is 19.2 Å². The molecule has 1 saturated heterocycles. The number of H-pyrrole nitrogens is 1. The van der Waals surface area contributed by atoms with E-state index in [0.717, 1.165) is 6.42 Å². The maximum Gasteiger partial charge on any atom is 0.407 e. The van der Waals surface area contributed by atoms with Crippen LogP contribution in [0.2, 0.25) is 0 Å². The average molecular weight is 316 g/mol. The summed E-state index contributed by atoms with van der Waals surface area (Å²) in [5, 5.41) is 9.80. The fourth-order valence-corrected chi connectivity index (χ4v) is 3.09. The van der Waals surface area contributed by atoms with Crippen LogP contribution in [0.5, 0.6) is 0 Å². The Bertz CT molecular complexity index is 773. The van der Waals surface area contributed by atoms with Crippen molar-refractivity contribution >= 4 is 17.0 Å². The smallest absolute Gasteiger partial charge is 0.407 e. The lowest BCUT2D eigenvalue weighted by atomic mass is 10.1. The van der Waals surface area contributed by atoms with Crippen LogP contribution in [-0.4, -0.2) is 56.6 Å². The van der Waals surface area contributed by atoms with Gasteiger partial charge in [-0.25, -0.2) is 9.78 Å². The molecule has 3 rings (SSSR count). The van der Waals surface area contributed by atoms with Crippen LogP contribution in [0.15, 0.2) is 29.1 Å². The highest BCUT2D eigenvalue weighted by molar-refractivity contribution is 5.77. The monoisotopic (exact) mass is 316 g/mol. The van der Waals surface area contributed by atoms with Gasteiger partial charge in [-0.2, -0.15) is 0 Å². The van der Waals surface area contributed by atoms with Crippen molar-refractivity contribution < 1.29 is 9.90 Å². The van der Waals surface area contributed by atoms with Crippen LogP contribution in [0.25, 0.3) is 10.9 Å². The zero-order valence-electron chi connectivity index (χ0n) is 13.0. The Morgan fingerprint density at radius 3 is 2.91 bits per heavy atom. The number of fused-ring (bicyclic) bond motifs is 1. The number of benzene rings is 1. The van der Waals surface area contributed by atoms with Crippen LogP contribution in [0.4, 0.5) is 4.79 Å². The number of hydrogen-bond donors (Lipinski definition) is 2. The van der Waals surface area contributed by atoms with E-state index in [1.807, 2.05) is 25.1 Å². The van der Waals surface area contributed by atoms with Gasteiger partial charge in [0.05, 0.1) is 17.4 Å². The first-order valence-corrected chi connectivity index (χ1v) is 7.78. The Morgan fingerprint density at radius 1 is 1.39 bits per heavy atom. The first-order chi connectivity index (χ1) is 11.1. The van der Waals surface area contributed by atoms with Gasteiger partial charge in [0.1, 0.15) is 5.82 Å². The van der Waals surface area contributed by atoms with Gasteiger partial charge in [-0.1, -0.05) is 19.1 Å². The molecule has 1 aromatic heterocycles. The number of nitrogens with zero attached hydrogens (tertiary/aromatic N) is 3. The lowest BCUT2D eigenvalue weighted by Gasteiger charge is -2.39. The standard InChI is InChI=1S/C16H20N4O3/c1-2-11-9-19(7-8-20(11)16(22)23)10-14-17-13-6-4-3-5-12(13)15(21)18-14/h3-6,11H,2,7-10H2,1H3,(H,22,23)(H,17,18,21). The SMILES string of the molecule is CCC1CN(Cc2nc3ccccc3c(=O)[nH]2)CCN1C(=O)O. The predicted octanol–water partition coefficient (Wildman–Crippen LogP) is 1.50. The molecule has 1 fully saturated rings. The number of carbonyl (C=O) groups is 1. The number of carboxylic acid groups (broad SMARTS) is 1. The highest BCUT2D eigenvalue weighted by Crippen LogP contribution is 2.15. The number of aromatic amines is 1. The molecule has 1 aromatic carbocycles. The van der Waals surface area contributed by atoms with Crippen molar-refractivity contribution in [1.29, 1.82) is 0 Å². The third kappa shape index (κ3) is 3.19. The molecular weight excluding hydrogens is 296 g/mol. The van der Waals surface area contributed by atoms with Crippen LogP contribution in [0, 0.1) is 0 Å². The summed E-state index contributed by atoms with van der Waals surface area (Å²) in [5.41, 5.74) is 0.546. The fraction of sp³-hybridized carbons (Fsp3) is 0.438. The molecule has 7 heteroatoms. The van der Waals surface area contributed by atoms with Gasteiger partial charge in [0.2, 0.25) is 0 Å². The molecule has 1 atom stereocenters. The van der Waals surface area contributed by atoms with Crippen molar-refractivity contribution in [1.82, 2.24) is 19.8 Å². The number of amides is 1. The van der Waals surface area contributed by atoms with E-state index < -0.39 is 6.09 Å². The molecule has 1 amide bonds. The molecule has 0 spiro atoms. The van der Waals surface area contributed by atoms with E-state index >= 15 is 0 Å². The Kier molecular flexibility index (Phi) is 4.29. The summed E-state index contributed by atoms with van der Waals surface area (Å²) in [6, 6.07) is 7.23. The zero-order chi connectivity index (χ0) is 16.4. The summed E-state index contributed by atoms with van der Waals surface area (Å²) in [7, 11) is 0. The fourth-order valence-electron chi connectivity index (χ4n) is 3.09. The van der Waals surface area contributed by atoms with Gasteiger partial charge in [-0.15, -0.1) is 0 Å². The largest absolute Gasteiger partial charge is 0.465 e. The van der Waals surface area contributed by atoms with Crippen molar-refractivity contribution in [3.63, 3.8) is 0 Å². The van der Waals surface area contributed by atoms with E-state index in [-0.39, 0.29) is 11.6 Å². The molecular formula is C16H20N4O3. The Morgan fingerprint density at radius 2 is 2.17 bits per heavy atom. The van der Waals surface area contributed by atoms with Crippen molar-refractivity contribution in [2.45, 2.75) is 25.9 Å². The molecule has 0 saturated carbocycles. The summed E-state index contributed by atoms with van der Waals surface area (Å²) in [4.78, 5) is 34.3. The maximum absolute atomic E-state index is 12.1. The molecule has 7 nitrogen and oxygen atoms in total. The van der Waals surface area contributed by atoms with Gasteiger partial charge in [-0.3, -0.25) is 9.69 Å². The minimum Gasteiger partial charge on any atom is -0.465 e. The predicted molar refractivity (Wildman–Crippen MR) is 86.5 cm³/mol. The molecule has 2 heterocycles. The number of nitrogens with one attached hydrogen (secondary N) is 1. The summed E-state index contributed by atoms with van der Waals surface area (Å²) < 4.78 is 0. The van der Waals surface area contributed by atoms with Crippen molar-refractivity contribution in [2.75, 3.05) is 19.6 Å². The Balaban J connectivity index is 1.77. The quantitative estimate of drug-likeness (QED) is 0.895.